The zero-order valence-corrected chi connectivity index (χ0v) is 10.8. The molecular formula is C13H17N3O3. The summed E-state index contributed by atoms with van der Waals surface area (Å²) in [6, 6.07) is 5.30. The molecule has 2 rings (SSSR count). The third kappa shape index (κ3) is 3.10. The van der Waals surface area contributed by atoms with Crippen LogP contribution in [-0.2, 0) is 4.74 Å². The first-order valence-electron chi connectivity index (χ1n) is 6.08. The van der Waals surface area contributed by atoms with Gasteiger partial charge in [0.1, 0.15) is 0 Å². The van der Waals surface area contributed by atoms with Gasteiger partial charge in [-0.25, -0.2) is 4.98 Å². The number of aromatic amines is 1. The first-order chi connectivity index (χ1) is 9.26. The van der Waals surface area contributed by atoms with Crippen LogP contribution in [0, 0.1) is 0 Å². The molecular weight excluding hydrogens is 246 g/mol. The van der Waals surface area contributed by atoms with Crippen LogP contribution in [0.4, 0.5) is 0 Å². The van der Waals surface area contributed by atoms with Crippen LogP contribution in [0.3, 0.4) is 0 Å². The van der Waals surface area contributed by atoms with E-state index in [1.807, 2.05) is 0 Å². The molecule has 102 valence electrons. The standard InChI is InChI=1S/C13H17N3O3/c1-19-7-5-16(4-6-17)13(18)10-2-3-11-12(8-10)15-9-14-11/h2-3,8-9,17H,4-7H2,1H3,(H,14,15). The molecule has 0 spiro atoms. The van der Waals surface area contributed by atoms with Crippen LogP contribution < -0.4 is 0 Å². The Hall–Kier alpha value is -1.92. The number of fused-ring (bicyclic) bond motifs is 1. The van der Waals surface area contributed by atoms with Crippen LogP contribution in [0.1, 0.15) is 10.4 Å². The van der Waals surface area contributed by atoms with E-state index in [1.54, 1.807) is 36.5 Å². The van der Waals surface area contributed by atoms with E-state index in [0.717, 1.165) is 11.0 Å². The molecule has 0 bridgehead atoms. The van der Waals surface area contributed by atoms with Crippen molar-refractivity contribution in [3.8, 4) is 0 Å². The van der Waals surface area contributed by atoms with E-state index in [1.165, 1.54) is 0 Å². The molecule has 6 nitrogen and oxygen atoms in total. The number of amides is 1. The molecule has 1 aromatic heterocycles. The van der Waals surface area contributed by atoms with Gasteiger partial charge in [0.2, 0.25) is 0 Å². The molecule has 0 fully saturated rings. The molecule has 1 aromatic carbocycles. The third-order valence-corrected chi connectivity index (χ3v) is 2.89. The zero-order valence-electron chi connectivity index (χ0n) is 10.8. The molecule has 0 atom stereocenters. The van der Waals surface area contributed by atoms with Gasteiger partial charge in [-0.1, -0.05) is 0 Å². The van der Waals surface area contributed by atoms with Gasteiger partial charge in [0, 0.05) is 25.8 Å². The maximum Gasteiger partial charge on any atom is 0.254 e. The van der Waals surface area contributed by atoms with Gasteiger partial charge in [-0.3, -0.25) is 4.79 Å². The molecule has 0 radical (unpaired) electrons. The van der Waals surface area contributed by atoms with Gasteiger partial charge >= 0.3 is 0 Å². The minimum absolute atomic E-state index is 0.0677. The first kappa shape index (κ1) is 13.5. The largest absolute Gasteiger partial charge is 0.395 e. The summed E-state index contributed by atoms with van der Waals surface area (Å²) in [5.74, 6) is -0.123. The lowest BCUT2D eigenvalue weighted by molar-refractivity contribution is 0.0656. The van der Waals surface area contributed by atoms with Gasteiger partial charge < -0.3 is 19.7 Å². The molecule has 6 heteroatoms. The SMILES string of the molecule is COCCN(CCO)C(=O)c1ccc2nc[nH]c2c1. The van der Waals surface area contributed by atoms with E-state index in [0.29, 0.717) is 25.3 Å². The Morgan fingerprint density at radius 2 is 2.32 bits per heavy atom. The van der Waals surface area contributed by atoms with Crippen molar-refractivity contribution in [1.82, 2.24) is 14.9 Å². The van der Waals surface area contributed by atoms with Crippen LogP contribution in [0.25, 0.3) is 11.0 Å². The minimum atomic E-state index is -0.123. The second kappa shape index (κ2) is 6.31. The molecule has 0 aliphatic carbocycles. The Labute approximate surface area is 111 Å². The second-order valence-corrected chi connectivity index (χ2v) is 4.14. The van der Waals surface area contributed by atoms with Gasteiger partial charge in [-0.2, -0.15) is 0 Å². The first-order valence-corrected chi connectivity index (χ1v) is 6.08. The molecule has 19 heavy (non-hydrogen) atoms. The second-order valence-electron chi connectivity index (χ2n) is 4.14. The fourth-order valence-electron chi connectivity index (χ4n) is 1.89. The van der Waals surface area contributed by atoms with Crippen molar-refractivity contribution < 1.29 is 14.6 Å². The molecule has 0 saturated heterocycles. The lowest BCUT2D eigenvalue weighted by atomic mass is 10.1. The highest BCUT2D eigenvalue weighted by atomic mass is 16.5. The van der Waals surface area contributed by atoms with Crippen LogP contribution in [0.2, 0.25) is 0 Å². The topological polar surface area (TPSA) is 78.5 Å². The van der Waals surface area contributed by atoms with Crippen molar-refractivity contribution in [2.75, 3.05) is 33.4 Å². The number of imidazole rings is 1. The van der Waals surface area contributed by atoms with Gasteiger partial charge in [0.05, 0.1) is 30.6 Å². The Bertz CT molecular complexity index is 553. The third-order valence-electron chi connectivity index (χ3n) is 2.89. The Balaban J connectivity index is 2.19. The summed E-state index contributed by atoms with van der Waals surface area (Å²) < 4.78 is 4.97. The van der Waals surface area contributed by atoms with Crippen LogP contribution in [-0.4, -0.2) is 59.3 Å². The lowest BCUT2D eigenvalue weighted by Gasteiger charge is -2.21. The van der Waals surface area contributed by atoms with Crippen molar-refractivity contribution in [3.63, 3.8) is 0 Å². The summed E-state index contributed by atoms with van der Waals surface area (Å²) in [4.78, 5) is 21.0. The number of methoxy groups -OCH3 is 1. The highest BCUT2D eigenvalue weighted by molar-refractivity contribution is 5.97. The van der Waals surface area contributed by atoms with Gasteiger partial charge in [-0.15, -0.1) is 0 Å². The number of aliphatic hydroxyl groups excluding tert-OH is 1. The van der Waals surface area contributed by atoms with Gasteiger partial charge in [-0.05, 0) is 18.2 Å². The Morgan fingerprint density at radius 1 is 1.47 bits per heavy atom. The molecule has 0 unspecified atom stereocenters. The number of aromatic nitrogens is 2. The highest BCUT2D eigenvalue weighted by Crippen LogP contribution is 2.13. The number of H-pyrrole nitrogens is 1. The van der Waals surface area contributed by atoms with Gasteiger partial charge in [0.25, 0.3) is 5.91 Å². The molecule has 0 aliphatic rings. The van der Waals surface area contributed by atoms with Crippen molar-refractivity contribution >= 4 is 16.9 Å². The van der Waals surface area contributed by atoms with Gasteiger partial charge in [0.15, 0.2) is 0 Å². The fraction of sp³-hybridized carbons (Fsp3) is 0.385. The predicted molar refractivity (Wildman–Crippen MR) is 71.0 cm³/mol. The zero-order chi connectivity index (χ0) is 13.7. The highest BCUT2D eigenvalue weighted by Gasteiger charge is 2.15. The average Bonchev–Trinajstić information content (AvgIpc) is 2.90. The number of hydrogen-bond acceptors (Lipinski definition) is 4. The van der Waals surface area contributed by atoms with Crippen LogP contribution >= 0.6 is 0 Å². The number of ether oxygens (including phenoxy) is 1. The predicted octanol–water partition coefficient (Wildman–Crippen LogP) is 0.644. The number of benzene rings is 1. The Kier molecular flexibility index (Phi) is 4.48. The molecule has 1 heterocycles. The fourth-order valence-corrected chi connectivity index (χ4v) is 1.89. The van der Waals surface area contributed by atoms with Crippen molar-refractivity contribution in [3.05, 3.63) is 30.1 Å². The maximum absolute atomic E-state index is 12.3. The molecule has 0 aliphatic heterocycles. The van der Waals surface area contributed by atoms with Crippen molar-refractivity contribution in [2.24, 2.45) is 0 Å². The van der Waals surface area contributed by atoms with E-state index in [4.69, 9.17) is 9.84 Å². The number of nitrogens with one attached hydrogen (secondary N) is 1. The molecule has 1 amide bonds. The minimum Gasteiger partial charge on any atom is -0.395 e. The smallest absolute Gasteiger partial charge is 0.254 e. The van der Waals surface area contributed by atoms with Crippen molar-refractivity contribution in [2.45, 2.75) is 0 Å². The van der Waals surface area contributed by atoms with Crippen LogP contribution in [0.15, 0.2) is 24.5 Å². The normalized spacial score (nSPS) is 10.8. The Morgan fingerprint density at radius 3 is 3.05 bits per heavy atom. The maximum atomic E-state index is 12.3. The van der Waals surface area contributed by atoms with E-state index in [2.05, 4.69) is 9.97 Å². The molecule has 0 saturated carbocycles. The number of carbonyl (C=O) groups excluding carboxylic acids is 1. The summed E-state index contributed by atoms with van der Waals surface area (Å²) in [6.45, 7) is 1.12. The number of aliphatic hydroxyl groups is 1. The summed E-state index contributed by atoms with van der Waals surface area (Å²) in [5, 5.41) is 9.02. The van der Waals surface area contributed by atoms with E-state index < -0.39 is 0 Å². The summed E-state index contributed by atoms with van der Waals surface area (Å²) in [5.41, 5.74) is 2.21. The number of carbonyl (C=O) groups is 1. The monoisotopic (exact) mass is 263 g/mol. The summed E-state index contributed by atoms with van der Waals surface area (Å²) >= 11 is 0. The van der Waals surface area contributed by atoms with E-state index >= 15 is 0 Å². The summed E-state index contributed by atoms with van der Waals surface area (Å²) in [7, 11) is 1.58. The number of rotatable bonds is 6. The average molecular weight is 263 g/mol. The molecule has 2 N–H and O–H groups in total. The lowest BCUT2D eigenvalue weighted by Crippen LogP contribution is -2.36. The summed E-state index contributed by atoms with van der Waals surface area (Å²) in [6.07, 6.45) is 1.59. The molecule has 2 aromatic rings. The van der Waals surface area contributed by atoms with E-state index in [-0.39, 0.29) is 12.5 Å². The number of hydrogen-bond donors (Lipinski definition) is 2. The quantitative estimate of drug-likeness (QED) is 0.802. The van der Waals surface area contributed by atoms with Crippen LogP contribution in [0.5, 0.6) is 0 Å². The van der Waals surface area contributed by atoms with Crippen molar-refractivity contribution in [1.29, 1.82) is 0 Å². The van der Waals surface area contributed by atoms with E-state index in [9.17, 15) is 4.79 Å². The number of nitrogens with zero attached hydrogens (tertiary/aromatic N) is 2.